The third-order valence-electron chi connectivity index (χ3n) is 6.92. The van der Waals surface area contributed by atoms with Crippen molar-refractivity contribution < 1.29 is 18.8 Å². The van der Waals surface area contributed by atoms with Crippen LogP contribution in [0.15, 0.2) is 22.8 Å². The first-order valence-electron chi connectivity index (χ1n) is 11.5. The minimum atomic E-state index is -0.181. The van der Waals surface area contributed by atoms with Crippen LogP contribution in [-0.2, 0) is 9.59 Å². The van der Waals surface area contributed by atoms with Gasteiger partial charge in [0.2, 0.25) is 11.8 Å². The molecule has 7 nitrogen and oxygen atoms in total. The fourth-order valence-electron chi connectivity index (χ4n) is 5.10. The van der Waals surface area contributed by atoms with Gasteiger partial charge in [0.05, 0.1) is 12.2 Å². The molecule has 3 fully saturated rings. The fourth-order valence-corrected chi connectivity index (χ4v) is 5.10. The van der Waals surface area contributed by atoms with Crippen LogP contribution in [-0.4, -0.2) is 59.7 Å². The van der Waals surface area contributed by atoms with Gasteiger partial charge in [-0.15, -0.1) is 0 Å². The number of likely N-dealkylation sites (tertiary alicyclic amines) is 2. The maximum Gasteiger partial charge on any atom is 0.289 e. The van der Waals surface area contributed by atoms with E-state index in [9.17, 15) is 14.4 Å². The molecule has 1 aromatic rings. The zero-order valence-electron chi connectivity index (χ0n) is 17.7. The van der Waals surface area contributed by atoms with Gasteiger partial charge in [-0.05, 0) is 50.7 Å². The van der Waals surface area contributed by atoms with E-state index in [4.69, 9.17) is 4.42 Å². The number of furan rings is 1. The van der Waals surface area contributed by atoms with Crippen molar-refractivity contribution in [1.29, 1.82) is 0 Å². The Kier molecular flexibility index (Phi) is 6.75. The molecule has 1 atom stereocenters. The van der Waals surface area contributed by atoms with E-state index in [1.807, 2.05) is 4.90 Å². The van der Waals surface area contributed by atoms with Crippen LogP contribution in [0.3, 0.4) is 0 Å². The molecule has 0 bridgehead atoms. The summed E-state index contributed by atoms with van der Waals surface area (Å²) in [6.45, 7) is 2.55. The quantitative estimate of drug-likeness (QED) is 0.820. The molecule has 30 heavy (non-hydrogen) atoms. The number of amides is 3. The maximum atomic E-state index is 12.8. The lowest BCUT2D eigenvalue weighted by Gasteiger charge is -2.37. The van der Waals surface area contributed by atoms with E-state index in [-0.39, 0.29) is 29.7 Å². The average Bonchev–Trinajstić information content (AvgIpc) is 3.34. The van der Waals surface area contributed by atoms with E-state index in [1.165, 1.54) is 25.5 Å². The van der Waals surface area contributed by atoms with E-state index in [0.29, 0.717) is 24.8 Å². The smallest absolute Gasteiger partial charge is 0.289 e. The number of piperidine rings is 2. The number of hydrogen-bond donors (Lipinski definition) is 1. The van der Waals surface area contributed by atoms with Crippen LogP contribution in [0.25, 0.3) is 0 Å². The summed E-state index contributed by atoms with van der Waals surface area (Å²) >= 11 is 0. The van der Waals surface area contributed by atoms with Crippen molar-refractivity contribution in [1.82, 2.24) is 15.1 Å². The lowest BCUT2D eigenvalue weighted by atomic mass is 9.87. The summed E-state index contributed by atoms with van der Waals surface area (Å²) in [4.78, 5) is 41.8. The minimum absolute atomic E-state index is 0.0315. The zero-order valence-corrected chi connectivity index (χ0v) is 17.7. The van der Waals surface area contributed by atoms with Crippen LogP contribution >= 0.6 is 0 Å². The van der Waals surface area contributed by atoms with Gasteiger partial charge in [0.15, 0.2) is 5.76 Å². The summed E-state index contributed by atoms with van der Waals surface area (Å²) in [5, 5.41) is 3.18. The van der Waals surface area contributed by atoms with Crippen LogP contribution in [0.5, 0.6) is 0 Å². The van der Waals surface area contributed by atoms with Crippen LogP contribution in [0.4, 0.5) is 0 Å². The molecule has 2 saturated heterocycles. The van der Waals surface area contributed by atoms with Crippen molar-refractivity contribution in [2.75, 3.05) is 26.2 Å². The van der Waals surface area contributed by atoms with Crippen molar-refractivity contribution in [3.05, 3.63) is 24.2 Å². The second-order valence-corrected chi connectivity index (χ2v) is 9.01. The minimum Gasteiger partial charge on any atom is -0.459 e. The number of hydrogen-bond acceptors (Lipinski definition) is 4. The molecule has 0 spiro atoms. The van der Waals surface area contributed by atoms with Crippen molar-refractivity contribution in [2.45, 2.75) is 63.8 Å². The molecule has 1 unspecified atom stereocenters. The Hall–Kier alpha value is -2.31. The predicted molar refractivity (Wildman–Crippen MR) is 112 cm³/mol. The number of carbonyl (C=O) groups is 3. The number of carbonyl (C=O) groups excluding carboxylic acids is 3. The van der Waals surface area contributed by atoms with Gasteiger partial charge in [-0.2, -0.15) is 0 Å². The van der Waals surface area contributed by atoms with E-state index < -0.39 is 0 Å². The van der Waals surface area contributed by atoms with Gasteiger partial charge >= 0.3 is 0 Å². The number of nitrogens with zero attached hydrogens (tertiary/aromatic N) is 2. The lowest BCUT2D eigenvalue weighted by molar-refractivity contribution is -0.137. The van der Waals surface area contributed by atoms with Crippen molar-refractivity contribution in [3.8, 4) is 0 Å². The summed E-state index contributed by atoms with van der Waals surface area (Å²) in [6, 6.07) is 3.48. The van der Waals surface area contributed by atoms with Gasteiger partial charge in [0.1, 0.15) is 0 Å². The largest absolute Gasteiger partial charge is 0.459 e. The molecular weight excluding hydrogens is 382 g/mol. The second-order valence-electron chi connectivity index (χ2n) is 9.01. The van der Waals surface area contributed by atoms with Gasteiger partial charge in [-0.1, -0.05) is 19.3 Å². The topological polar surface area (TPSA) is 82.9 Å². The van der Waals surface area contributed by atoms with E-state index in [1.54, 1.807) is 17.0 Å². The molecule has 2 aliphatic heterocycles. The third-order valence-corrected chi connectivity index (χ3v) is 6.92. The summed E-state index contributed by atoms with van der Waals surface area (Å²) in [5.74, 6) is 0.560. The van der Waals surface area contributed by atoms with E-state index in [0.717, 1.165) is 51.6 Å². The molecule has 0 aromatic carbocycles. The molecule has 3 heterocycles. The van der Waals surface area contributed by atoms with Crippen molar-refractivity contribution >= 4 is 17.7 Å². The Morgan fingerprint density at radius 1 is 0.867 bits per heavy atom. The third kappa shape index (κ3) is 4.87. The van der Waals surface area contributed by atoms with Gasteiger partial charge < -0.3 is 19.5 Å². The molecule has 1 saturated carbocycles. The van der Waals surface area contributed by atoms with E-state index >= 15 is 0 Å². The Morgan fingerprint density at radius 2 is 1.60 bits per heavy atom. The second kappa shape index (κ2) is 9.67. The molecule has 0 radical (unpaired) electrons. The van der Waals surface area contributed by atoms with E-state index in [2.05, 4.69) is 5.32 Å². The summed E-state index contributed by atoms with van der Waals surface area (Å²) in [5.41, 5.74) is 0. The average molecular weight is 416 g/mol. The maximum absolute atomic E-state index is 12.8. The number of rotatable bonds is 4. The van der Waals surface area contributed by atoms with Crippen LogP contribution in [0.2, 0.25) is 0 Å². The Bertz CT molecular complexity index is 734. The number of nitrogens with one attached hydrogen (secondary N) is 1. The molecule has 7 heteroatoms. The molecule has 1 N–H and O–H groups in total. The molecule has 3 aliphatic rings. The Balaban J connectivity index is 1.23. The highest BCUT2D eigenvalue weighted by Crippen LogP contribution is 2.27. The Labute approximate surface area is 178 Å². The summed E-state index contributed by atoms with van der Waals surface area (Å²) in [7, 11) is 0. The highest BCUT2D eigenvalue weighted by molar-refractivity contribution is 5.92. The lowest BCUT2D eigenvalue weighted by Crippen LogP contribution is -2.51. The molecule has 3 amide bonds. The predicted octanol–water partition coefficient (Wildman–Crippen LogP) is 2.82. The van der Waals surface area contributed by atoms with Crippen molar-refractivity contribution in [3.63, 3.8) is 0 Å². The monoisotopic (exact) mass is 415 g/mol. The van der Waals surface area contributed by atoms with Crippen LogP contribution in [0, 0.1) is 11.8 Å². The normalized spacial score (nSPS) is 23.9. The summed E-state index contributed by atoms with van der Waals surface area (Å²) in [6.07, 6.45) is 10.4. The van der Waals surface area contributed by atoms with Gasteiger partial charge in [0.25, 0.3) is 5.91 Å². The van der Waals surface area contributed by atoms with Gasteiger partial charge in [-0.25, -0.2) is 0 Å². The van der Waals surface area contributed by atoms with Crippen LogP contribution < -0.4 is 5.32 Å². The van der Waals surface area contributed by atoms with Crippen LogP contribution in [0.1, 0.15) is 68.3 Å². The van der Waals surface area contributed by atoms with Gasteiger partial charge in [-0.3, -0.25) is 14.4 Å². The first-order valence-corrected chi connectivity index (χ1v) is 11.5. The summed E-state index contributed by atoms with van der Waals surface area (Å²) < 4.78 is 5.21. The highest BCUT2D eigenvalue weighted by atomic mass is 16.3. The SMILES string of the molecule is O=C(NC1CCN(C(=O)C2CCCCC2)CC1)C1CCCN(C(=O)c2ccco2)C1. The molecule has 1 aliphatic carbocycles. The first kappa shape index (κ1) is 20.9. The highest BCUT2D eigenvalue weighted by Gasteiger charge is 2.33. The standard InChI is InChI=1S/C23H33N3O4/c27-21(18-8-4-12-26(16-18)23(29)20-9-5-15-30-20)24-19-10-13-25(14-11-19)22(28)17-6-2-1-3-7-17/h5,9,15,17-19H,1-4,6-8,10-14,16H2,(H,24,27). The van der Waals surface area contributed by atoms with Gasteiger partial charge in [0, 0.05) is 38.1 Å². The molecule has 164 valence electrons. The Morgan fingerprint density at radius 3 is 2.30 bits per heavy atom. The fraction of sp³-hybridized carbons (Fsp3) is 0.696. The zero-order chi connectivity index (χ0) is 20.9. The first-order chi connectivity index (χ1) is 14.6. The van der Waals surface area contributed by atoms with Crippen molar-refractivity contribution in [2.24, 2.45) is 11.8 Å². The molecule has 1 aromatic heterocycles. The molecule has 4 rings (SSSR count). The molecular formula is C23H33N3O4.